The maximum absolute atomic E-state index is 12.4. The van der Waals surface area contributed by atoms with Crippen molar-refractivity contribution in [1.82, 2.24) is 20.4 Å². The number of ether oxygens (including phenoxy) is 2. The molecule has 2 aliphatic heterocycles. The molecule has 0 aliphatic carbocycles. The Morgan fingerprint density at radius 3 is 2.82 bits per heavy atom. The maximum atomic E-state index is 12.4. The number of hydrogen-bond donors (Lipinski definition) is 3. The van der Waals surface area contributed by atoms with Crippen LogP contribution >= 0.6 is 0 Å². The van der Waals surface area contributed by atoms with E-state index in [-0.39, 0.29) is 19.3 Å². The highest BCUT2D eigenvalue weighted by Gasteiger charge is 2.50. The summed E-state index contributed by atoms with van der Waals surface area (Å²) in [6, 6.07) is -1.15. The molecular formula is C18H31N5O5. The number of amides is 3. The zero-order chi connectivity index (χ0) is 20.7. The van der Waals surface area contributed by atoms with Gasteiger partial charge in [-0.1, -0.05) is 6.08 Å². The average molecular weight is 397 g/mol. The van der Waals surface area contributed by atoms with Crippen molar-refractivity contribution in [1.29, 1.82) is 0 Å². The van der Waals surface area contributed by atoms with E-state index in [1.54, 1.807) is 18.0 Å². The molecule has 3 atom stereocenters. The normalized spacial score (nSPS) is 24.4. The van der Waals surface area contributed by atoms with Crippen LogP contribution < -0.4 is 10.6 Å². The fourth-order valence-corrected chi connectivity index (χ4v) is 3.06. The lowest BCUT2D eigenvalue weighted by molar-refractivity contribution is -0.127. The van der Waals surface area contributed by atoms with Gasteiger partial charge in [0.2, 0.25) is 0 Å². The van der Waals surface area contributed by atoms with Gasteiger partial charge in [0.1, 0.15) is 6.17 Å². The molecule has 158 valence electrons. The lowest BCUT2D eigenvalue weighted by Crippen LogP contribution is -2.65. The molecule has 28 heavy (non-hydrogen) atoms. The SMILES string of the molecule is C=CCOCC(O)CN1C(=NCCCOC(C)C)NC2C1C(=O)NC(=O)N2C. The number of rotatable bonds is 11. The lowest BCUT2D eigenvalue weighted by Gasteiger charge is -2.35. The highest BCUT2D eigenvalue weighted by molar-refractivity contribution is 6.04. The van der Waals surface area contributed by atoms with E-state index in [2.05, 4.69) is 22.2 Å². The highest BCUT2D eigenvalue weighted by Crippen LogP contribution is 2.21. The molecule has 0 aromatic carbocycles. The van der Waals surface area contributed by atoms with Gasteiger partial charge in [0, 0.05) is 26.7 Å². The Kier molecular flexibility index (Phi) is 8.21. The molecule has 0 bridgehead atoms. The van der Waals surface area contributed by atoms with Crippen LogP contribution in [-0.2, 0) is 14.3 Å². The van der Waals surface area contributed by atoms with Crippen molar-refractivity contribution in [2.45, 2.75) is 44.7 Å². The fourth-order valence-electron chi connectivity index (χ4n) is 3.06. The van der Waals surface area contributed by atoms with E-state index in [1.807, 2.05) is 13.8 Å². The van der Waals surface area contributed by atoms with Crippen molar-refractivity contribution in [3.63, 3.8) is 0 Å². The zero-order valence-corrected chi connectivity index (χ0v) is 16.8. The predicted octanol–water partition coefficient (Wildman–Crippen LogP) is -0.497. The van der Waals surface area contributed by atoms with E-state index < -0.39 is 30.2 Å². The van der Waals surface area contributed by atoms with Crippen molar-refractivity contribution < 1.29 is 24.2 Å². The number of carbonyl (C=O) groups is 2. The average Bonchev–Trinajstić information content (AvgIpc) is 2.98. The van der Waals surface area contributed by atoms with Crippen molar-refractivity contribution >= 4 is 17.9 Å². The molecule has 3 amide bonds. The molecule has 0 radical (unpaired) electrons. The van der Waals surface area contributed by atoms with E-state index in [0.717, 1.165) is 6.42 Å². The van der Waals surface area contributed by atoms with Crippen molar-refractivity contribution in [2.24, 2.45) is 4.99 Å². The summed E-state index contributed by atoms with van der Waals surface area (Å²) in [5.41, 5.74) is 0. The van der Waals surface area contributed by atoms with Gasteiger partial charge >= 0.3 is 6.03 Å². The van der Waals surface area contributed by atoms with Crippen LogP contribution in [0.3, 0.4) is 0 Å². The number of carbonyl (C=O) groups excluding carboxylic acids is 2. The molecule has 0 aromatic heterocycles. The number of β-amino-alcohol motifs (C(OH)–C–C–N with tert-alkyl or cyclic N) is 1. The predicted molar refractivity (Wildman–Crippen MR) is 104 cm³/mol. The molecule has 2 aliphatic rings. The molecular weight excluding hydrogens is 366 g/mol. The Morgan fingerprint density at radius 2 is 2.14 bits per heavy atom. The number of likely N-dealkylation sites (N-methyl/N-ethyl adjacent to an activating group) is 1. The van der Waals surface area contributed by atoms with Crippen LogP contribution in [0, 0.1) is 0 Å². The minimum Gasteiger partial charge on any atom is -0.389 e. The van der Waals surface area contributed by atoms with Gasteiger partial charge in [-0.2, -0.15) is 0 Å². The number of aliphatic imine (C=N–C) groups is 1. The number of nitrogens with zero attached hydrogens (tertiary/aromatic N) is 3. The molecule has 2 fully saturated rings. The second-order valence-corrected chi connectivity index (χ2v) is 7.05. The first kappa shape index (κ1) is 22.1. The van der Waals surface area contributed by atoms with E-state index in [1.165, 1.54) is 4.90 Å². The second kappa shape index (κ2) is 10.4. The van der Waals surface area contributed by atoms with Crippen LogP contribution in [0.25, 0.3) is 0 Å². The summed E-state index contributed by atoms with van der Waals surface area (Å²) in [5, 5.41) is 15.8. The van der Waals surface area contributed by atoms with Gasteiger partial charge in [0.25, 0.3) is 5.91 Å². The number of aliphatic hydroxyl groups is 1. The third-order valence-corrected chi connectivity index (χ3v) is 4.39. The number of urea groups is 1. The summed E-state index contributed by atoms with van der Waals surface area (Å²) < 4.78 is 10.8. The smallest absolute Gasteiger partial charge is 0.325 e. The van der Waals surface area contributed by atoms with E-state index in [0.29, 0.717) is 25.7 Å². The third-order valence-electron chi connectivity index (χ3n) is 4.39. The topological polar surface area (TPSA) is 116 Å². The van der Waals surface area contributed by atoms with Gasteiger partial charge in [-0.15, -0.1) is 6.58 Å². The number of nitrogens with one attached hydrogen (secondary N) is 2. The molecule has 0 saturated carbocycles. The summed E-state index contributed by atoms with van der Waals surface area (Å²) in [6.45, 7) is 9.15. The van der Waals surface area contributed by atoms with E-state index >= 15 is 0 Å². The van der Waals surface area contributed by atoms with Crippen LogP contribution in [0.4, 0.5) is 4.79 Å². The highest BCUT2D eigenvalue weighted by atomic mass is 16.5. The number of hydrogen-bond acceptors (Lipinski definition) is 6. The molecule has 10 heteroatoms. The van der Waals surface area contributed by atoms with E-state index in [9.17, 15) is 14.7 Å². The van der Waals surface area contributed by atoms with Crippen molar-refractivity contribution in [3.05, 3.63) is 12.7 Å². The summed E-state index contributed by atoms with van der Waals surface area (Å²) in [6.07, 6.45) is 1.10. The Morgan fingerprint density at radius 1 is 1.39 bits per heavy atom. The standard InChI is InChI=1S/C18H31N5O5/c1-5-8-27-11-13(24)10-23-14-15(22(4)18(26)21-16(14)25)20-17(23)19-7-6-9-28-12(2)3/h5,12-15,24H,1,6-11H2,2-4H3,(H,19,20)(H,21,25,26). The Balaban J connectivity index is 2.07. The van der Waals surface area contributed by atoms with Crippen molar-refractivity contribution in [2.75, 3.05) is 40.0 Å². The minimum absolute atomic E-state index is 0.103. The van der Waals surface area contributed by atoms with Crippen LogP contribution in [0.5, 0.6) is 0 Å². The van der Waals surface area contributed by atoms with Gasteiger partial charge in [0.15, 0.2) is 12.0 Å². The summed E-state index contributed by atoms with van der Waals surface area (Å²) in [5.74, 6) is 0.0483. The zero-order valence-electron chi connectivity index (χ0n) is 16.8. The van der Waals surface area contributed by atoms with Gasteiger partial charge in [-0.3, -0.25) is 15.1 Å². The number of imide groups is 1. The number of fused-ring (bicyclic) bond motifs is 1. The largest absolute Gasteiger partial charge is 0.389 e. The first-order valence-electron chi connectivity index (χ1n) is 9.48. The van der Waals surface area contributed by atoms with Crippen LogP contribution in [0.15, 0.2) is 17.6 Å². The molecule has 2 saturated heterocycles. The van der Waals surface area contributed by atoms with Gasteiger partial charge < -0.3 is 29.7 Å². The van der Waals surface area contributed by atoms with E-state index in [4.69, 9.17) is 9.47 Å². The van der Waals surface area contributed by atoms with Crippen LogP contribution in [-0.4, -0.2) is 97.2 Å². The summed E-state index contributed by atoms with van der Waals surface area (Å²) >= 11 is 0. The number of aliphatic hydroxyl groups excluding tert-OH is 1. The van der Waals surface area contributed by atoms with Crippen LogP contribution in [0.2, 0.25) is 0 Å². The molecule has 2 rings (SSSR count). The van der Waals surface area contributed by atoms with Gasteiger partial charge in [-0.25, -0.2) is 4.79 Å². The molecule has 10 nitrogen and oxygen atoms in total. The van der Waals surface area contributed by atoms with Gasteiger partial charge in [0.05, 0.1) is 25.4 Å². The van der Waals surface area contributed by atoms with Gasteiger partial charge in [-0.05, 0) is 20.3 Å². The molecule has 3 N–H and O–H groups in total. The van der Waals surface area contributed by atoms with Crippen LogP contribution in [0.1, 0.15) is 20.3 Å². The number of guanidine groups is 1. The maximum Gasteiger partial charge on any atom is 0.325 e. The monoisotopic (exact) mass is 397 g/mol. The molecule has 0 spiro atoms. The summed E-state index contributed by atoms with van der Waals surface area (Å²) in [4.78, 5) is 32.0. The second-order valence-electron chi connectivity index (χ2n) is 7.05. The Hall–Kier alpha value is -2.17. The molecule has 0 aromatic rings. The minimum atomic E-state index is -0.828. The first-order chi connectivity index (χ1) is 13.3. The third kappa shape index (κ3) is 5.66. The lowest BCUT2D eigenvalue weighted by atomic mass is 10.1. The quantitative estimate of drug-likeness (QED) is 0.318. The van der Waals surface area contributed by atoms with Crippen molar-refractivity contribution in [3.8, 4) is 0 Å². The molecule has 2 heterocycles. The molecule has 3 unspecified atom stereocenters. The first-order valence-corrected chi connectivity index (χ1v) is 9.48. The Bertz CT molecular complexity index is 597. The summed E-state index contributed by atoms with van der Waals surface area (Å²) in [7, 11) is 1.60. The Labute approximate surface area is 165 Å². The fraction of sp³-hybridized carbons (Fsp3) is 0.722.